The van der Waals surface area contributed by atoms with Crippen molar-refractivity contribution in [3.05, 3.63) is 29.8 Å². The van der Waals surface area contributed by atoms with Crippen molar-refractivity contribution in [1.82, 2.24) is 4.72 Å². The van der Waals surface area contributed by atoms with Crippen molar-refractivity contribution in [2.45, 2.75) is 44.1 Å². The molecule has 128 valence electrons. The van der Waals surface area contributed by atoms with Gasteiger partial charge in [-0.3, -0.25) is 0 Å². The first-order chi connectivity index (χ1) is 11.0. The van der Waals surface area contributed by atoms with Gasteiger partial charge in [-0.15, -0.1) is 0 Å². The molecule has 2 fully saturated rings. The summed E-state index contributed by atoms with van der Waals surface area (Å²) >= 11 is 0. The van der Waals surface area contributed by atoms with Gasteiger partial charge < -0.3 is 10.5 Å². The molecule has 0 radical (unpaired) electrons. The minimum absolute atomic E-state index is 0.143. The van der Waals surface area contributed by atoms with Gasteiger partial charge in [0.15, 0.2) is 0 Å². The summed E-state index contributed by atoms with van der Waals surface area (Å²) in [5, 5.41) is 0. The van der Waals surface area contributed by atoms with Crippen LogP contribution in [-0.2, 0) is 15.6 Å². The van der Waals surface area contributed by atoms with Gasteiger partial charge in [-0.2, -0.15) is 0 Å². The summed E-state index contributed by atoms with van der Waals surface area (Å²) < 4.78 is 33.2. The summed E-state index contributed by atoms with van der Waals surface area (Å²) in [6.07, 6.45) is 5.54. The fourth-order valence-electron chi connectivity index (χ4n) is 2.74. The summed E-state index contributed by atoms with van der Waals surface area (Å²) in [6, 6.07) is 7.86. The van der Waals surface area contributed by atoms with E-state index in [9.17, 15) is 8.42 Å². The first kappa shape index (κ1) is 16.7. The summed E-state index contributed by atoms with van der Waals surface area (Å²) in [6.45, 7) is 1.29. The lowest BCUT2D eigenvalue weighted by molar-refractivity contribution is 0.299. The smallest absolute Gasteiger partial charge is 0.212 e. The Bertz CT molecular complexity index is 637. The van der Waals surface area contributed by atoms with E-state index in [4.69, 9.17) is 10.5 Å². The van der Waals surface area contributed by atoms with Gasteiger partial charge in [-0.1, -0.05) is 12.1 Å². The molecule has 5 nitrogen and oxygen atoms in total. The number of benzene rings is 1. The molecular weight excluding hydrogens is 312 g/mol. The summed E-state index contributed by atoms with van der Waals surface area (Å²) in [5.41, 5.74) is 6.01. The molecule has 0 heterocycles. The second kappa shape index (κ2) is 6.79. The van der Waals surface area contributed by atoms with Crippen LogP contribution in [0.1, 0.15) is 44.1 Å². The number of nitrogens with two attached hydrogens (primary N) is 1. The highest BCUT2D eigenvalue weighted by molar-refractivity contribution is 7.89. The maximum atomic E-state index is 12.3. The number of ether oxygens (including phenoxy) is 1. The van der Waals surface area contributed by atoms with E-state index in [1.807, 2.05) is 24.3 Å². The minimum Gasteiger partial charge on any atom is -0.493 e. The van der Waals surface area contributed by atoms with E-state index in [1.54, 1.807) is 0 Å². The van der Waals surface area contributed by atoms with Gasteiger partial charge in [0.05, 0.1) is 17.9 Å². The molecule has 3 rings (SSSR count). The van der Waals surface area contributed by atoms with Crippen LogP contribution in [0.5, 0.6) is 5.75 Å². The number of hydrogen-bond acceptors (Lipinski definition) is 4. The molecular formula is C17H26N2O3S. The first-order valence-electron chi connectivity index (χ1n) is 8.48. The highest BCUT2D eigenvalue weighted by Gasteiger charge is 2.47. The SMILES string of the molecule is NCCCCS(=O)(=O)NC1(c2cccc(OCC3CC3)c2)CC1. The maximum Gasteiger partial charge on any atom is 0.212 e. The quantitative estimate of drug-likeness (QED) is 0.640. The highest BCUT2D eigenvalue weighted by atomic mass is 32.2. The Labute approximate surface area is 138 Å². The second-order valence-corrected chi connectivity index (χ2v) is 8.62. The van der Waals surface area contributed by atoms with Gasteiger partial charge in [-0.25, -0.2) is 13.1 Å². The van der Waals surface area contributed by atoms with Crippen LogP contribution < -0.4 is 15.2 Å². The lowest BCUT2D eigenvalue weighted by Crippen LogP contribution is -2.36. The zero-order chi connectivity index (χ0) is 16.3. The van der Waals surface area contributed by atoms with Crippen LogP contribution in [0, 0.1) is 5.92 Å². The third-order valence-electron chi connectivity index (χ3n) is 4.54. The number of nitrogens with one attached hydrogen (secondary N) is 1. The summed E-state index contributed by atoms with van der Waals surface area (Å²) in [5.74, 6) is 1.68. The molecule has 2 aliphatic carbocycles. The second-order valence-electron chi connectivity index (χ2n) is 6.78. The number of sulfonamides is 1. The van der Waals surface area contributed by atoms with Crippen LogP contribution in [0.25, 0.3) is 0 Å². The molecule has 23 heavy (non-hydrogen) atoms. The topological polar surface area (TPSA) is 81.4 Å². The molecule has 3 N–H and O–H groups in total. The van der Waals surface area contributed by atoms with Crippen LogP contribution in [0.4, 0.5) is 0 Å². The van der Waals surface area contributed by atoms with Crippen molar-refractivity contribution >= 4 is 10.0 Å². The van der Waals surface area contributed by atoms with Crippen molar-refractivity contribution in [3.63, 3.8) is 0 Å². The lowest BCUT2D eigenvalue weighted by atomic mass is 10.1. The van der Waals surface area contributed by atoms with Crippen molar-refractivity contribution in [1.29, 1.82) is 0 Å². The van der Waals surface area contributed by atoms with Gasteiger partial charge >= 0.3 is 0 Å². The van der Waals surface area contributed by atoms with Crippen molar-refractivity contribution in [3.8, 4) is 5.75 Å². The van der Waals surface area contributed by atoms with E-state index >= 15 is 0 Å². The molecule has 2 aliphatic rings. The Morgan fingerprint density at radius 2 is 2.04 bits per heavy atom. The molecule has 0 saturated heterocycles. The number of rotatable bonds is 10. The largest absolute Gasteiger partial charge is 0.493 e. The molecule has 2 saturated carbocycles. The van der Waals surface area contributed by atoms with E-state index < -0.39 is 15.6 Å². The average Bonchev–Trinajstić information content (AvgIpc) is 3.41. The maximum absolute atomic E-state index is 12.3. The fourth-order valence-corrected chi connectivity index (χ4v) is 4.35. The van der Waals surface area contributed by atoms with Crippen LogP contribution in [-0.4, -0.2) is 27.3 Å². The molecule has 1 aromatic carbocycles. The van der Waals surface area contributed by atoms with Crippen LogP contribution in [0.15, 0.2) is 24.3 Å². The van der Waals surface area contributed by atoms with Gasteiger partial charge in [0, 0.05) is 0 Å². The van der Waals surface area contributed by atoms with Crippen LogP contribution in [0.2, 0.25) is 0 Å². The Hall–Kier alpha value is -1.11. The average molecular weight is 338 g/mol. The molecule has 0 amide bonds. The van der Waals surface area contributed by atoms with Crippen molar-refractivity contribution < 1.29 is 13.2 Å². The van der Waals surface area contributed by atoms with Gasteiger partial charge in [0.25, 0.3) is 0 Å². The van der Waals surface area contributed by atoms with Gasteiger partial charge in [0.1, 0.15) is 5.75 Å². The van der Waals surface area contributed by atoms with Gasteiger partial charge in [-0.05, 0) is 68.7 Å². The lowest BCUT2D eigenvalue weighted by Gasteiger charge is -2.19. The molecule has 0 aromatic heterocycles. The number of hydrogen-bond donors (Lipinski definition) is 2. The fraction of sp³-hybridized carbons (Fsp3) is 0.647. The van der Waals surface area contributed by atoms with E-state index in [-0.39, 0.29) is 5.75 Å². The molecule has 0 aliphatic heterocycles. The highest BCUT2D eigenvalue weighted by Crippen LogP contribution is 2.47. The van der Waals surface area contributed by atoms with Crippen molar-refractivity contribution in [2.75, 3.05) is 18.9 Å². The molecule has 0 bridgehead atoms. The molecule has 0 unspecified atom stereocenters. The predicted molar refractivity (Wildman–Crippen MR) is 90.8 cm³/mol. The first-order valence-corrected chi connectivity index (χ1v) is 10.1. The van der Waals surface area contributed by atoms with E-state index in [0.717, 1.165) is 37.2 Å². The normalized spacial score (nSPS) is 19.5. The third-order valence-corrected chi connectivity index (χ3v) is 6.07. The van der Waals surface area contributed by atoms with E-state index in [0.29, 0.717) is 18.9 Å². The zero-order valence-corrected chi connectivity index (χ0v) is 14.3. The van der Waals surface area contributed by atoms with E-state index in [1.165, 1.54) is 12.8 Å². The molecule has 1 aromatic rings. The predicted octanol–water partition coefficient (Wildman–Crippen LogP) is 2.12. The Morgan fingerprint density at radius 3 is 2.70 bits per heavy atom. The third kappa shape index (κ3) is 4.68. The van der Waals surface area contributed by atoms with Crippen LogP contribution >= 0.6 is 0 Å². The summed E-state index contributed by atoms with van der Waals surface area (Å²) in [7, 11) is -3.27. The zero-order valence-electron chi connectivity index (χ0n) is 13.5. The molecule has 0 spiro atoms. The minimum atomic E-state index is -3.27. The molecule has 0 atom stereocenters. The monoisotopic (exact) mass is 338 g/mol. The number of unbranched alkanes of at least 4 members (excludes halogenated alkanes) is 1. The Morgan fingerprint density at radius 1 is 1.26 bits per heavy atom. The Kier molecular flexibility index (Phi) is 4.94. The van der Waals surface area contributed by atoms with Crippen LogP contribution in [0.3, 0.4) is 0 Å². The molecule has 6 heteroatoms. The standard InChI is InChI=1S/C17H26N2O3S/c18-10-1-2-11-23(20,21)19-17(8-9-17)15-4-3-5-16(12-15)22-13-14-6-7-14/h3-5,12,14,19H,1-2,6-11,13,18H2. The van der Waals surface area contributed by atoms with Crippen molar-refractivity contribution in [2.24, 2.45) is 11.7 Å². The Balaban J connectivity index is 1.63. The van der Waals surface area contributed by atoms with E-state index in [2.05, 4.69) is 4.72 Å². The summed E-state index contributed by atoms with van der Waals surface area (Å²) in [4.78, 5) is 0. The van der Waals surface area contributed by atoms with Gasteiger partial charge in [0.2, 0.25) is 10.0 Å².